The molecule has 0 saturated heterocycles. The Bertz CT molecular complexity index is 634. The predicted molar refractivity (Wildman–Crippen MR) is 80.9 cm³/mol. The quantitative estimate of drug-likeness (QED) is 0.477. The van der Waals surface area contributed by atoms with Crippen LogP contribution in [0.4, 0.5) is 0 Å². The van der Waals surface area contributed by atoms with Crippen molar-refractivity contribution in [2.45, 2.75) is 20.3 Å². The lowest BCUT2D eigenvalue weighted by Gasteiger charge is -1.99. The van der Waals surface area contributed by atoms with Gasteiger partial charge in [0.25, 0.3) is 0 Å². The molecule has 0 aromatic heterocycles. The molecule has 0 unspecified atom stereocenters. The summed E-state index contributed by atoms with van der Waals surface area (Å²) >= 11 is 0. The number of benzene rings is 2. The molecule has 0 saturated carbocycles. The molecule has 0 atom stereocenters. The van der Waals surface area contributed by atoms with Gasteiger partial charge in [-0.2, -0.15) is 5.10 Å². The highest BCUT2D eigenvalue weighted by Gasteiger charge is 2.23. The van der Waals surface area contributed by atoms with Crippen molar-refractivity contribution in [2.75, 3.05) is 0 Å². The first-order chi connectivity index (χ1) is 9.31. The van der Waals surface area contributed by atoms with Crippen molar-refractivity contribution in [2.24, 2.45) is 10.2 Å². The third kappa shape index (κ3) is 1.99. The third-order valence-electron chi connectivity index (χ3n) is 3.49. The normalized spacial score (nSPS) is 13.2. The molecule has 2 nitrogen and oxygen atoms in total. The topological polar surface area (TPSA) is 24.7 Å². The SMILES string of the molecule is CC/C(C)=N\N=C1c2ccccc2-c2ccccc21. The highest BCUT2D eigenvalue weighted by molar-refractivity contribution is 6.24. The fourth-order valence-electron chi connectivity index (χ4n) is 2.31. The Hall–Kier alpha value is -2.22. The molecule has 3 rings (SSSR count). The minimum Gasteiger partial charge on any atom is -0.160 e. The maximum absolute atomic E-state index is 4.48. The second-order valence-corrected chi connectivity index (χ2v) is 4.73. The molecule has 19 heavy (non-hydrogen) atoms. The Morgan fingerprint density at radius 3 is 1.79 bits per heavy atom. The van der Waals surface area contributed by atoms with E-state index in [-0.39, 0.29) is 0 Å². The van der Waals surface area contributed by atoms with E-state index in [0.29, 0.717) is 0 Å². The molecule has 94 valence electrons. The van der Waals surface area contributed by atoms with E-state index in [0.717, 1.165) is 17.8 Å². The highest BCUT2D eigenvalue weighted by Crippen LogP contribution is 2.36. The zero-order chi connectivity index (χ0) is 13.2. The lowest BCUT2D eigenvalue weighted by Crippen LogP contribution is -1.98. The summed E-state index contributed by atoms with van der Waals surface area (Å²) in [5.74, 6) is 0. The molecule has 0 fully saturated rings. The summed E-state index contributed by atoms with van der Waals surface area (Å²) in [5, 5.41) is 8.81. The maximum atomic E-state index is 4.48. The van der Waals surface area contributed by atoms with Crippen LogP contribution in [0.3, 0.4) is 0 Å². The third-order valence-corrected chi connectivity index (χ3v) is 3.49. The van der Waals surface area contributed by atoms with Crippen LogP contribution in [0.2, 0.25) is 0 Å². The van der Waals surface area contributed by atoms with Crippen LogP contribution in [-0.2, 0) is 0 Å². The van der Waals surface area contributed by atoms with Gasteiger partial charge >= 0.3 is 0 Å². The molecule has 0 N–H and O–H groups in total. The second kappa shape index (κ2) is 4.81. The van der Waals surface area contributed by atoms with Crippen LogP contribution < -0.4 is 0 Å². The van der Waals surface area contributed by atoms with Crippen LogP contribution in [0.25, 0.3) is 11.1 Å². The van der Waals surface area contributed by atoms with E-state index in [1.54, 1.807) is 0 Å². The van der Waals surface area contributed by atoms with Gasteiger partial charge in [-0.1, -0.05) is 55.5 Å². The van der Waals surface area contributed by atoms with Crippen molar-refractivity contribution in [1.82, 2.24) is 0 Å². The van der Waals surface area contributed by atoms with E-state index in [2.05, 4.69) is 65.7 Å². The molecule has 0 heterocycles. The highest BCUT2D eigenvalue weighted by atomic mass is 15.2. The summed E-state index contributed by atoms with van der Waals surface area (Å²) in [5.41, 5.74) is 6.89. The van der Waals surface area contributed by atoms with E-state index >= 15 is 0 Å². The first kappa shape index (κ1) is 11.8. The molecule has 1 aliphatic rings. The van der Waals surface area contributed by atoms with Crippen LogP contribution in [0.1, 0.15) is 31.4 Å². The number of fused-ring (bicyclic) bond motifs is 3. The summed E-state index contributed by atoms with van der Waals surface area (Å²) in [6, 6.07) is 16.8. The number of hydrogen-bond acceptors (Lipinski definition) is 2. The van der Waals surface area contributed by atoms with Crippen molar-refractivity contribution >= 4 is 11.4 Å². The van der Waals surface area contributed by atoms with Gasteiger partial charge in [0.05, 0.1) is 0 Å². The van der Waals surface area contributed by atoms with E-state index in [4.69, 9.17) is 0 Å². The van der Waals surface area contributed by atoms with Crippen molar-refractivity contribution < 1.29 is 0 Å². The van der Waals surface area contributed by atoms with Gasteiger partial charge in [0.2, 0.25) is 0 Å². The number of hydrogen-bond donors (Lipinski definition) is 0. The zero-order valence-electron chi connectivity index (χ0n) is 11.2. The van der Waals surface area contributed by atoms with Gasteiger partial charge in [0.1, 0.15) is 5.71 Å². The van der Waals surface area contributed by atoms with E-state index < -0.39 is 0 Å². The first-order valence-electron chi connectivity index (χ1n) is 6.61. The summed E-state index contributed by atoms with van der Waals surface area (Å²) in [7, 11) is 0. The van der Waals surface area contributed by atoms with Gasteiger partial charge < -0.3 is 0 Å². The predicted octanol–water partition coefficient (Wildman–Crippen LogP) is 4.29. The molecule has 2 heteroatoms. The molecule has 2 aromatic rings. The summed E-state index contributed by atoms with van der Waals surface area (Å²) in [6.07, 6.45) is 0.931. The fraction of sp³-hybridized carbons (Fsp3) is 0.176. The Balaban J connectivity index is 2.20. The van der Waals surface area contributed by atoms with E-state index in [9.17, 15) is 0 Å². The van der Waals surface area contributed by atoms with E-state index in [1.165, 1.54) is 22.3 Å². The average molecular weight is 248 g/mol. The van der Waals surface area contributed by atoms with Gasteiger partial charge in [-0.05, 0) is 24.5 Å². The van der Waals surface area contributed by atoms with Gasteiger partial charge in [-0.15, -0.1) is 5.10 Å². The van der Waals surface area contributed by atoms with Crippen LogP contribution in [-0.4, -0.2) is 11.4 Å². The average Bonchev–Trinajstić information content (AvgIpc) is 2.79. The zero-order valence-corrected chi connectivity index (χ0v) is 11.2. The van der Waals surface area contributed by atoms with Gasteiger partial charge in [0, 0.05) is 16.8 Å². The Kier molecular flexibility index (Phi) is 3.00. The minimum atomic E-state index is 0.931. The molecule has 0 amide bonds. The summed E-state index contributed by atoms with van der Waals surface area (Å²) in [6.45, 7) is 4.10. The number of nitrogens with zero attached hydrogens (tertiary/aromatic N) is 2. The Labute approximate surface area is 113 Å². The maximum Gasteiger partial charge on any atom is 0.101 e. The minimum absolute atomic E-state index is 0.931. The molecule has 0 spiro atoms. The fourth-order valence-corrected chi connectivity index (χ4v) is 2.31. The molecule has 0 aliphatic heterocycles. The second-order valence-electron chi connectivity index (χ2n) is 4.73. The standard InChI is InChI=1S/C17H16N2/c1-3-12(2)18-19-17-15-10-6-4-8-13(15)14-9-5-7-11-16(14)17/h4-11H,3H2,1-2H3/b18-12-. The first-order valence-corrected chi connectivity index (χ1v) is 6.61. The number of rotatable bonds is 2. The van der Waals surface area contributed by atoms with Crippen molar-refractivity contribution in [3.8, 4) is 11.1 Å². The van der Waals surface area contributed by atoms with Crippen LogP contribution in [0.5, 0.6) is 0 Å². The molecular formula is C17H16N2. The molecule has 0 bridgehead atoms. The lowest BCUT2D eigenvalue weighted by molar-refractivity contribution is 1.16. The van der Waals surface area contributed by atoms with Gasteiger partial charge in [-0.25, -0.2) is 0 Å². The van der Waals surface area contributed by atoms with Crippen molar-refractivity contribution in [3.05, 3.63) is 59.7 Å². The largest absolute Gasteiger partial charge is 0.160 e. The van der Waals surface area contributed by atoms with E-state index in [1.807, 2.05) is 6.92 Å². The molecular weight excluding hydrogens is 232 g/mol. The van der Waals surface area contributed by atoms with Gasteiger partial charge in [0.15, 0.2) is 0 Å². The van der Waals surface area contributed by atoms with Crippen LogP contribution in [0, 0.1) is 0 Å². The van der Waals surface area contributed by atoms with Crippen LogP contribution in [0.15, 0.2) is 58.7 Å². The Morgan fingerprint density at radius 1 is 0.842 bits per heavy atom. The van der Waals surface area contributed by atoms with Crippen LogP contribution >= 0.6 is 0 Å². The Morgan fingerprint density at radius 2 is 1.32 bits per heavy atom. The van der Waals surface area contributed by atoms with Gasteiger partial charge in [-0.3, -0.25) is 0 Å². The summed E-state index contributed by atoms with van der Waals surface area (Å²) < 4.78 is 0. The summed E-state index contributed by atoms with van der Waals surface area (Å²) in [4.78, 5) is 0. The lowest BCUT2D eigenvalue weighted by atomic mass is 10.1. The molecule has 2 aromatic carbocycles. The smallest absolute Gasteiger partial charge is 0.101 e. The monoisotopic (exact) mass is 248 g/mol. The van der Waals surface area contributed by atoms with Crippen molar-refractivity contribution in [1.29, 1.82) is 0 Å². The molecule has 1 aliphatic carbocycles. The van der Waals surface area contributed by atoms with Crippen molar-refractivity contribution in [3.63, 3.8) is 0 Å². The molecule has 0 radical (unpaired) electrons.